The maximum absolute atomic E-state index is 11.1. The van der Waals surface area contributed by atoms with Gasteiger partial charge in [0, 0.05) is 28.2 Å². The molecular formula is C16H13N5O4. The molecule has 0 aliphatic heterocycles. The monoisotopic (exact) mass is 339 g/mol. The molecule has 0 bridgehead atoms. The summed E-state index contributed by atoms with van der Waals surface area (Å²) in [5, 5.41) is 26.9. The summed E-state index contributed by atoms with van der Waals surface area (Å²) < 4.78 is 0. The number of benzene rings is 2. The van der Waals surface area contributed by atoms with Crippen LogP contribution in [0, 0.1) is 27.2 Å². The van der Waals surface area contributed by atoms with Crippen LogP contribution < -0.4 is 5.43 Å². The van der Waals surface area contributed by atoms with Gasteiger partial charge in [-0.25, -0.2) is 0 Å². The number of H-pyrrole nitrogens is 1. The molecule has 0 aliphatic rings. The SMILES string of the molecule is Cc1[nH]c2ccccc2c1C=NNc1ccc([N+](=O)[O-])cc1[N+](=O)[O-]. The Morgan fingerprint density at radius 1 is 1.12 bits per heavy atom. The Hall–Kier alpha value is -3.75. The first-order valence-corrected chi connectivity index (χ1v) is 7.26. The van der Waals surface area contributed by atoms with Crippen molar-refractivity contribution in [2.24, 2.45) is 5.10 Å². The molecule has 0 amide bonds. The van der Waals surface area contributed by atoms with Crippen LogP contribution in [0.3, 0.4) is 0 Å². The molecule has 3 aromatic rings. The number of para-hydroxylation sites is 1. The number of anilines is 1. The molecule has 126 valence electrons. The second-order valence-electron chi connectivity index (χ2n) is 5.29. The molecule has 0 saturated carbocycles. The molecule has 1 heterocycles. The molecule has 0 fully saturated rings. The Bertz CT molecular complexity index is 1010. The lowest BCUT2D eigenvalue weighted by Gasteiger charge is -2.02. The summed E-state index contributed by atoms with van der Waals surface area (Å²) in [6.45, 7) is 1.90. The largest absolute Gasteiger partial charge is 0.358 e. The van der Waals surface area contributed by atoms with E-state index in [1.807, 2.05) is 31.2 Å². The molecular weight excluding hydrogens is 326 g/mol. The molecule has 2 N–H and O–H groups in total. The predicted octanol–water partition coefficient (Wildman–Crippen LogP) is 3.74. The quantitative estimate of drug-likeness (QED) is 0.416. The second kappa shape index (κ2) is 6.40. The van der Waals surface area contributed by atoms with Gasteiger partial charge in [-0.2, -0.15) is 5.10 Å². The fourth-order valence-corrected chi connectivity index (χ4v) is 2.51. The van der Waals surface area contributed by atoms with Crippen LogP contribution in [0.15, 0.2) is 47.6 Å². The first-order chi connectivity index (χ1) is 12.0. The number of nitro benzene ring substituents is 2. The van der Waals surface area contributed by atoms with Crippen LogP contribution in [0.1, 0.15) is 11.3 Å². The van der Waals surface area contributed by atoms with E-state index in [1.165, 1.54) is 12.1 Å². The Kier molecular flexibility index (Phi) is 4.12. The highest BCUT2D eigenvalue weighted by Gasteiger charge is 2.19. The van der Waals surface area contributed by atoms with Crippen molar-refractivity contribution in [3.8, 4) is 0 Å². The van der Waals surface area contributed by atoms with Crippen molar-refractivity contribution in [3.05, 3.63) is 74.0 Å². The Morgan fingerprint density at radius 2 is 1.88 bits per heavy atom. The van der Waals surface area contributed by atoms with E-state index in [4.69, 9.17) is 0 Å². The summed E-state index contributed by atoms with van der Waals surface area (Å²) in [6.07, 6.45) is 1.55. The minimum atomic E-state index is -0.693. The van der Waals surface area contributed by atoms with Crippen LogP contribution in [-0.4, -0.2) is 21.0 Å². The maximum Gasteiger partial charge on any atom is 0.301 e. The van der Waals surface area contributed by atoms with Crippen molar-refractivity contribution < 1.29 is 9.85 Å². The van der Waals surface area contributed by atoms with E-state index in [0.717, 1.165) is 28.2 Å². The number of aromatic amines is 1. The zero-order valence-electron chi connectivity index (χ0n) is 13.1. The molecule has 0 unspecified atom stereocenters. The summed E-state index contributed by atoms with van der Waals surface area (Å²) in [6, 6.07) is 11.0. The van der Waals surface area contributed by atoms with Crippen molar-refractivity contribution in [1.29, 1.82) is 0 Å². The van der Waals surface area contributed by atoms with Gasteiger partial charge in [0.1, 0.15) is 5.69 Å². The Labute approximate surface area is 141 Å². The van der Waals surface area contributed by atoms with E-state index in [0.29, 0.717) is 0 Å². The first-order valence-electron chi connectivity index (χ1n) is 7.26. The number of aromatic nitrogens is 1. The summed E-state index contributed by atoms with van der Waals surface area (Å²) >= 11 is 0. The van der Waals surface area contributed by atoms with Gasteiger partial charge in [0.25, 0.3) is 5.69 Å². The summed E-state index contributed by atoms with van der Waals surface area (Å²) in [4.78, 5) is 23.7. The van der Waals surface area contributed by atoms with Crippen molar-refractivity contribution >= 4 is 34.2 Å². The van der Waals surface area contributed by atoms with Crippen molar-refractivity contribution in [1.82, 2.24) is 4.98 Å². The third-order valence-corrected chi connectivity index (χ3v) is 3.71. The first kappa shape index (κ1) is 16.1. The van der Waals surface area contributed by atoms with Gasteiger partial charge < -0.3 is 4.98 Å². The number of aryl methyl sites for hydroxylation is 1. The van der Waals surface area contributed by atoms with Crippen LogP contribution in [0.2, 0.25) is 0 Å². The van der Waals surface area contributed by atoms with Gasteiger partial charge in [-0.05, 0) is 19.1 Å². The summed E-state index contributed by atoms with van der Waals surface area (Å²) in [5.41, 5.74) is 4.61. The molecule has 3 rings (SSSR count). The van der Waals surface area contributed by atoms with E-state index in [1.54, 1.807) is 6.21 Å². The van der Waals surface area contributed by atoms with E-state index < -0.39 is 15.5 Å². The smallest absolute Gasteiger partial charge is 0.301 e. The topological polar surface area (TPSA) is 126 Å². The van der Waals surface area contributed by atoms with E-state index >= 15 is 0 Å². The summed E-state index contributed by atoms with van der Waals surface area (Å²) in [7, 11) is 0. The fraction of sp³-hybridized carbons (Fsp3) is 0.0625. The third kappa shape index (κ3) is 3.15. The number of hydrogen-bond donors (Lipinski definition) is 2. The molecule has 25 heavy (non-hydrogen) atoms. The number of non-ortho nitro benzene ring substituents is 1. The lowest BCUT2D eigenvalue weighted by molar-refractivity contribution is -0.393. The van der Waals surface area contributed by atoms with Crippen LogP contribution >= 0.6 is 0 Å². The molecule has 0 radical (unpaired) electrons. The normalized spacial score (nSPS) is 11.1. The maximum atomic E-state index is 11.1. The van der Waals surface area contributed by atoms with Gasteiger partial charge in [-0.15, -0.1) is 0 Å². The lowest BCUT2D eigenvalue weighted by atomic mass is 10.1. The summed E-state index contributed by atoms with van der Waals surface area (Å²) in [5.74, 6) is 0. The molecule has 9 nitrogen and oxygen atoms in total. The zero-order chi connectivity index (χ0) is 18.0. The van der Waals surface area contributed by atoms with Crippen LogP contribution in [0.25, 0.3) is 10.9 Å². The fourth-order valence-electron chi connectivity index (χ4n) is 2.51. The van der Waals surface area contributed by atoms with Gasteiger partial charge in [-0.1, -0.05) is 18.2 Å². The number of hydrazone groups is 1. The molecule has 9 heteroatoms. The van der Waals surface area contributed by atoms with Crippen LogP contribution in [0.5, 0.6) is 0 Å². The van der Waals surface area contributed by atoms with Gasteiger partial charge in [0.05, 0.1) is 22.1 Å². The standard InChI is InChI=1S/C16H13N5O4/c1-10-13(12-4-2-3-5-14(12)18-10)9-17-19-15-7-6-11(20(22)23)8-16(15)21(24)25/h2-9,18-19H,1H3. The van der Waals surface area contributed by atoms with Crippen LogP contribution in [-0.2, 0) is 0 Å². The molecule has 1 aromatic heterocycles. The number of fused-ring (bicyclic) bond motifs is 1. The molecule has 2 aromatic carbocycles. The average Bonchev–Trinajstić information content (AvgIpc) is 2.90. The number of hydrogen-bond acceptors (Lipinski definition) is 6. The highest BCUT2D eigenvalue weighted by molar-refractivity contribution is 6.00. The molecule has 0 aliphatic carbocycles. The third-order valence-electron chi connectivity index (χ3n) is 3.71. The minimum absolute atomic E-state index is 0.0735. The van der Waals surface area contributed by atoms with E-state index in [2.05, 4.69) is 15.5 Å². The number of nitro groups is 2. The van der Waals surface area contributed by atoms with Crippen molar-refractivity contribution in [2.75, 3.05) is 5.43 Å². The number of nitrogens with one attached hydrogen (secondary N) is 2. The highest BCUT2D eigenvalue weighted by atomic mass is 16.6. The number of nitrogens with zero attached hydrogens (tertiary/aromatic N) is 3. The second-order valence-corrected chi connectivity index (χ2v) is 5.29. The van der Waals surface area contributed by atoms with Gasteiger partial charge >= 0.3 is 5.69 Å². The highest BCUT2D eigenvalue weighted by Crippen LogP contribution is 2.29. The van der Waals surface area contributed by atoms with E-state index in [-0.39, 0.29) is 11.4 Å². The molecule has 0 saturated heterocycles. The van der Waals surface area contributed by atoms with E-state index in [9.17, 15) is 20.2 Å². The lowest BCUT2D eigenvalue weighted by Crippen LogP contribution is -1.99. The zero-order valence-corrected chi connectivity index (χ0v) is 13.1. The Balaban J connectivity index is 1.90. The Morgan fingerprint density at radius 3 is 2.60 bits per heavy atom. The van der Waals surface area contributed by atoms with Gasteiger partial charge in [0.2, 0.25) is 0 Å². The van der Waals surface area contributed by atoms with Gasteiger partial charge in [-0.3, -0.25) is 25.7 Å². The number of rotatable bonds is 5. The van der Waals surface area contributed by atoms with Crippen LogP contribution in [0.4, 0.5) is 17.1 Å². The predicted molar refractivity (Wildman–Crippen MR) is 94.0 cm³/mol. The van der Waals surface area contributed by atoms with Crippen molar-refractivity contribution in [3.63, 3.8) is 0 Å². The van der Waals surface area contributed by atoms with Crippen molar-refractivity contribution in [2.45, 2.75) is 6.92 Å². The average molecular weight is 339 g/mol. The van der Waals surface area contributed by atoms with Gasteiger partial charge in [0.15, 0.2) is 0 Å². The molecule has 0 spiro atoms. The molecule has 0 atom stereocenters. The minimum Gasteiger partial charge on any atom is -0.358 e.